The van der Waals surface area contributed by atoms with Crippen LogP contribution >= 0.6 is 0 Å². The number of benzene rings is 1. The highest BCUT2D eigenvalue weighted by Gasteiger charge is 1.89. The van der Waals surface area contributed by atoms with Crippen molar-refractivity contribution in [2.45, 2.75) is 6.54 Å². The number of rotatable bonds is 2. The maximum absolute atomic E-state index is 9.78. The Balaban J connectivity index is 2.78. The van der Waals surface area contributed by atoms with Crippen molar-refractivity contribution in [1.29, 1.82) is 0 Å². The van der Waals surface area contributed by atoms with Crippen LogP contribution in [0.2, 0.25) is 0 Å². The van der Waals surface area contributed by atoms with E-state index in [2.05, 4.69) is 5.18 Å². The summed E-state index contributed by atoms with van der Waals surface area (Å²) >= 11 is 0. The fourth-order valence-corrected chi connectivity index (χ4v) is 0.698. The van der Waals surface area contributed by atoms with Gasteiger partial charge in [-0.05, 0) is 17.7 Å². The van der Waals surface area contributed by atoms with Gasteiger partial charge < -0.3 is 5.73 Å². The average Bonchev–Trinajstić information content (AvgIpc) is 1.95. The molecule has 1 aromatic rings. The highest BCUT2D eigenvalue weighted by molar-refractivity contribution is 5.39. The largest absolute Gasteiger partial charge is 0.399 e. The van der Waals surface area contributed by atoms with Gasteiger partial charge in [-0.1, -0.05) is 17.3 Å². The second-order valence-electron chi connectivity index (χ2n) is 2.03. The minimum atomic E-state index is 0.222. The predicted octanol–water partition coefficient (Wildman–Crippen LogP) is 1.54. The highest BCUT2D eigenvalue weighted by Crippen LogP contribution is 2.05. The van der Waals surface area contributed by atoms with Gasteiger partial charge in [0.2, 0.25) is 0 Å². The van der Waals surface area contributed by atoms with Crippen molar-refractivity contribution in [1.82, 2.24) is 0 Å². The van der Waals surface area contributed by atoms with Gasteiger partial charge in [0, 0.05) is 5.69 Å². The number of nitrogens with two attached hydrogens (primary N) is 1. The zero-order valence-electron chi connectivity index (χ0n) is 5.45. The average molecular weight is 136 g/mol. The van der Waals surface area contributed by atoms with Crippen molar-refractivity contribution in [2.75, 3.05) is 5.73 Å². The third-order valence-corrected chi connectivity index (χ3v) is 1.23. The highest BCUT2D eigenvalue weighted by atomic mass is 16.3. The molecule has 0 bridgehead atoms. The zero-order valence-corrected chi connectivity index (χ0v) is 5.45. The van der Waals surface area contributed by atoms with E-state index in [0.29, 0.717) is 5.69 Å². The van der Waals surface area contributed by atoms with Crippen molar-refractivity contribution in [2.24, 2.45) is 5.18 Å². The summed E-state index contributed by atoms with van der Waals surface area (Å²) in [5.41, 5.74) is 7.01. The second kappa shape index (κ2) is 2.96. The van der Waals surface area contributed by atoms with Gasteiger partial charge >= 0.3 is 0 Å². The van der Waals surface area contributed by atoms with Gasteiger partial charge in [0.05, 0.1) is 0 Å². The van der Waals surface area contributed by atoms with Crippen LogP contribution in [0.15, 0.2) is 29.4 Å². The molecule has 0 aliphatic rings. The number of nitroso groups, excluding NO2 is 1. The Morgan fingerprint density at radius 2 is 1.90 bits per heavy atom. The molecular formula is C7H8N2O. The molecule has 0 unspecified atom stereocenters. The number of hydrogen-bond acceptors (Lipinski definition) is 3. The van der Waals surface area contributed by atoms with Crippen LogP contribution in [0, 0.1) is 4.91 Å². The topological polar surface area (TPSA) is 55.4 Å². The van der Waals surface area contributed by atoms with Crippen LogP contribution in [-0.2, 0) is 6.54 Å². The van der Waals surface area contributed by atoms with E-state index in [1.54, 1.807) is 24.3 Å². The van der Waals surface area contributed by atoms with Crippen LogP contribution in [0.3, 0.4) is 0 Å². The molecule has 10 heavy (non-hydrogen) atoms. The van der Waals surface area contributed by atoms with Crippen LogP contribution in [0.5, 0.6) is 0 Å². The quantitative estimate of drug-likeness (QED) is 0.495. The molecule has 0 saturated carbocycles. The molecule has 3 nitrogen and oxygen atoms in total. The van der Waals surface area contributed by atoms with Crippen LogP contribution < -0.4 is 5.73 Å². The van der Waals surface area contributed by atoms with E-state index in [1.165, 1.54) is 0 Å². The lowest BCUT2D eigenvalue weighted by Crippen LogP contribution is -1.84. The lowest BCUT2D eigenvalue weighted by atomic mass is 10.2. The van der Waals surface area contributed by atoms with E-state index in [0.717, 1.165) is 5.56 Å². The van der Waals surface area contributed by atoms with Crippen LogP contribution in [0.4, 0.5) is 5.69 Å². The summed E-state index contributed by atoms with van der Waals surface area (Å²) in [6.45, 7) is 0.222. The molecule has 0 heterocycles. The molecule has 0 fully saturated rings. The zero-order chi connectivity index (χ0) is 7.40. The molecule has 0 aromatic heterocycles. The fourth-order valence-electron chi connectivity index (χ4n) is 0.698. The van der Waals surface area contributed by atoms with Crippen LogP contribution in [-0.4, -0.2) is 0 Å². The molecule has 52 valence electrons. The number of anilines is 1. The molecule has 3 heteroatoms. The number of hydrogen-bond donors (Lipinski definition) is 1. The Kier molecular flexibility index (Phi) is 1.99. The van der Waals surface area contributed by atoms with Gasteiger partial charge in [-0.15, -0.1) is 0 Å². The van der Waals surface area contributed by atoms with E-state index < -0.39 is 0 Å². The third-order valence-electron chi connectivity index (χ3n) is 1.23. The molecule has 0 aliphatic heterocycles. The summed E-state index contributed by atoms with van der Waals surface area (Å²) in [6, 6.07) is 7.08. The summed E-state index contributed by atoms with van der Waals surface area (Å²) in [6.07, 6.45) is 0. The van der Waals surface area contributed by atoms with Crippen molar-refractivity contribution in [3.8, 4) is 0 Å². The summed E-state index contributed by atoms with van der Waals surface area (Å²) in [7, 11) is 0. The van der Waals surface area contributed by atoms with Gasteiger partial charge in [-0.3, -0.25) is 0 Å². The first-order chi connectivity index (χ1) is 4.83. The van der Waals surface area contributed by atoms with Crippen molar-refractivity contribution >= 4 is 5.69 Å². The fraction of sp³-hybridized carbons (Fsp3) is 0.143. The van der Waals surface area contributed by atoms with Gasteiger partial charge in [-0.25, -0.2) is 0 Å². The third kappa shape index (κ3) is 1.55. The van der Waals surface area contributed by atoms with Crippen molar-refractivity contribution in [3.63, 3.8) is 0 Å². The summed E-state index contributed by atoms with van der Waals surface area (Å²) in [5, 5.41) is 2.74. The Morgan fingerprint density at radius 1 is 1.30 bits per heavy atom. The molecule has 0 atom stereocenters. The normalized spacial score (nSPS) is 9.20. The van der Waals surface area contributed by atoms with Gasteiger partial charge in [-0.2, -0.15) is 4.91 Å². The molecule has 1 aromatic carbocycles. The molecule has 0 saturated heterocycles. The van der Waals surface area contributed by atoms with Gasteiger partial charge in [0.15, 0.2) is 0 Å². The maximum atomic E-state index is 9.78. The Hall–Kier alpha value is -1.38. The van der Waals surface area contributed by atoms with E-state index in [-0.39, 0.29) is 6.54 Å². The number of nitrogen functional groups attached to an aromatic ring is 1. The summed E-state index contributed by atoms with van der Waals surface area (Å²) in [5.74, 6) is 0. The van der Waals surface area contributed by atoms with Crippen molar-refractivity contribution < 1.29 is 0 Å². The molecule has 1 rings (SSSR count). The Bertz CT molecular complexity index is 218. The standard InChI is InChI=1S/C7H8N2O/c8-7-3-1-6(2-4-7)5-9-10/h1-4H,5,8H2. The Labute approximate surface area is 58.8 Å². The number of nitrogens with zero attached hydrogens (tertiary/aromatic N) is 1. The van der Waals surface area contributed by atoms with E-state index in [4.69, 9.17) is 5.73 Å². The molecular weight excluding hydrogens is 128 g/mol. The minimum absolute atomic E-state index is 0.222. The molecule has 0 aliphatic carbocycles. The lowest BCUT2D eigenvalue weighted by molar-refractivity contribution is 1.06. The van der Waals surface area contributed by atoms with Crippen LogP contribution in [0.1, 0.15) is 5.56 Å². The summed E-state index contributed by atoms with van der Waals surface area (Å²) in [4.78, 5) is 9.78. The minimum Gasteiger partial charge on any atom is -0.399 e. The first-order valence-corrected chi connectivity index (χ1v) is 2.96. The van der Waals surface area contributed by atoms with Gasteiger partial charge in [0.1, 0.15) is 6.54 Å². The van der Waals surface area contributed by atoms with Gasteiger partial charge in [0.25, 0.3) is 0 Å². The lowest BCUT2D eigenvalue weighted by Gasteiger charge is -1.93. The van der Waals surface area contributed by atoms with Crippen molar-refractivity contribution in [3.05, 3.63) is 34.7 Å². The summed E-state index contributed by atoms with van der Waals surface area (Å²) < 4.78 is 0. The first kappa shape index (κ1) is 6.74. The van der Waals surface area contributed by atoms with E-state index in [1.807, 2.05) is 0 Å². The maximum Gasteiger partial charge on any atom is 0.106 e. The second-order valence-corrected chi connectivity index (χ2v) is 2.03. The first-order valence-electron chi connectivity index (χ1n) is 2.96. The SMILES string of the molecule is Nc1ccc(CN=O)cc1. The Morgan fingerprint density at radius 3 is 2.40 bits per heavy atom. The monoisotopic (exact) mass is 136 g/mol. The molecule has 0 radical (unpaired) electrons. The smallest absolute Gasteiger partial charge is 0.106 e. The molecule has 0 amide bonds. The predicted molar refractivity (Wildman–Crippen MR) is 40.4 cm³/mol. The van der Waals surface area contributed by atoms with Crippen LogP contribution in [0.25, 0.3) is 0 Å². The molecule has 2 N–H and O–H groups in total. The molecule has 0 spiro atoms. The van der Waals surface area contributed by atoms with E-state index in [9.17, 15) is 4.91 Å². The van der Waals surface area contributed by atoms with E-state index >= 15 is 0 Å².